The molecule has 2 aromatic carbocycles. The van der Waals surface area contributed by atoms with Crippen molar-refractivity contribution in [1.29, 1.82) is 0 Å². The Balaban J connectivity index is 2.10. The lowest BCUT2D eigenvalue weighted by atomic mass is 10.1. The first-order valence-electron chi connectivity index (χ1n) is 9.15. The van der Waals surface area contributed by atoms with Gasteiger partial charge in [0.05, 0.1) is 5.75 Å². The summed E-state index contributed by atoms with van der Waals surface area (Å²) in [7, 11) is 0. The van der Waals surface area contributed by atoms with Crippen molar-refractivity contribution in [2.45, 2.75) is 32.2 Å². The number of thioether (sulfide) groups is 1. The third-order valence-corrected chi connectivity index (χ3v) is 6.18. The summed E-state index contributed by atoms with van der Waals surface area (Å²) in [5, 5.41) is 4.51. The molecule has 2 rings (SSSR count). The van der Waals surface area contributed by atoms with Crippen LogP contribution < -0.4 is 5.32 Å². The van der Waals surface area contributed by atoms with Crippen LogP contribution in [0.5, 0.6) is 0 Å². The molecule has 0 saturated heterocycles. The summed E-state index contributed by atoms with van der Waals surface area (Å²) in [6.07, 6.45) is 0. The Morgan fingerprint density at radius 1 is 1.10 bits per heavy atom. The average molecular weight is 474 g/mol. The van der Waals surface area contributed by atoms with Crippen LogP contribution in [-0.2, 0) is 21.9 Å². The van der Waals surface area contributed by atoms with Crippen molar-refractivity contribution >= 4 is 58.4 Å². The van der Waals surface area contributed by atoms with Crippen molar-refractivity contribution in [2.75, 3.05) is 12.3 Å². The van der Waals surface area contributed by atoms with E-state index in [-0.39, 0.29) is 17.6 Å². The summed E-state index contributed by atoms with van der Waals surface area (Å²) in [5.41, 5.74) is 1.66. The van der Waals surface area contributed by atoms with Crippen LogP contribution in [-0.4, -0.2) is 35.1 Å². The molecule has 0 radical (unpaired) electrons. The van der Waals surface area contributed by atoms with Crippen LogP contribution in [0.1, 0.15) is 25.0 Å². The Morgan fingerprint density at radius 2 is 1.76 bits per heavy atom. The fraction of sp³-hybridized carbons (Fsp3) is 0.333. The van der Waals surface area contributed by atoms with Crippen LogP contribution in [0.4, 0.5) is 0 Å². The minimum Gasteiger partial charge on any atom is -0.355 e. The van der Waals surface area contributed by atoms with E-state index >= 15 is 0 Å². The second-order valence-corrected chi connectivity index (χ2v) is 8.65. The van der Waals surface area contributed by atoms with Gasteiger partial charge >= 0.3 is 0 Å². The van der Waals surface area contributed by atoms with Crippen molar-refractivity contribution in [2.24, 2.45) is 0 Å². The number of likely N-dealkylation sites (N-methyl/N-ethyl adjacent to an activating group) is 1. The standard InChI is InChI=1S/C21H23Cl3N2O2S/c1-3-25-21(28)14(2)26(11-15-6-4-7-16(22)10-15)20(27)13-29-12-17-18(23)8-5-9-19(17)24/h4-10,14H,3,11-13H2,1-2H3,(H,25,28). The predicted octanol–water partition coefficient (Wildman–Crippen LogP) is 5.43. The predicted molar refractivity (Wildman–Crippen MR) is 123 cm³/mol. The normalized spacial score (nSPS) is 11.8. The fourth-order valence-electron chi connectivity index (χ4n) is 2.73. The van der Waals surface area contributed by atoms with Crippen LogP contribution in [0.3, 0.4) is 0 Å². The summed E-state index contributed by atoms with van der Waals surface area (Å²) in [6.45, 7) is 4.37. The molecule has 0 aliphatic rings. The number of carbonyl (C=O) groups excluding carboxylic acids is 2. The number of rotatable bonds is 9. The Morgan fingerprint density at radius 3 is 2.38 bits per heavy atom. The molecular formula is C21H23Cl3N2O2S. The number of amides is 2. The number of nitrogens with one attached hydrogen (secondary N) is 1. The highest BCUT2D eigenvalue weighted by molar-refractivity contribution is 7.99. The quantitative estimate of drug-likeness (QED) is 0.528. The molecule has 2 amide bonds. The van der Waals surface area contributed by atoms with Gasteiger partial charge in [0.1, 0.15) is 6.04 Å². The van der Waals surface area contributed by atoms with Crippen LogP contribution in [0.2, 0.25) is 15.1 Å². The van der Waals surface area contributed by atoms with Gasteiger partial charge in [-0.2, -0.15) is 0 Å². The van der Waals surface area contributed by atoms with E-state index in [0.717, 1.165) is 11.1 Å². The van der Waals surface area contributed by atoms with Gasteiger partial charge in [0, 0.05) is 33.9 Å². The number of nitrogens with zero attached hydrogens (tertiary/aromatic N) is 1. The molecule has 1 N–H and O–H groups in total. The smallest absolute Gasteiger partial charge is 0.242 e. The summed E-state index contributed by atoms with van der Waals surface area (Å²) < 4.78 is 0. The maximum Gasteiger partial charge on any atom is 0.242 e. The molecule has 8 heteroatoms. The highest BCUT2D eigenvalue weighted by Crippen LogP contribution is 2.28. The number of benzene rings is 2. The van der Waals surface area contributed by atoms with E-state index in [2.05, 4.69) is 5.32 Å². The largest absolute Gasteiger partial charge is 0.355 e. The van der Waals surface area contributed by atoms with Crippen molar-refractivity contribution < 1.29 is 9.59 Å². The van der Waals surface area contributed by atoms with Gasteiger partial charge in [0.25, 0.3) is 0 Å². The molecule has 4 nitrogen and oxygen atoms in total. The van der Waals surface area contributed by atoms with E-state index < -0.39 is 6.04 Å². The third-order valence-electron chi connectivity index (χ3n) is 4.29. The topological polar surface area (TPSA) is 49.4 Å². The molecular weight excluding hydrogens is 451 g/mol. The van der Waals surface area contributed by atoms with Gasteiger partial charge in [-0.1, -0.05) is 53.0 Å². The van der Waals surface area contributed by atoms with Gasteiger partial charge in [0.15, 0.2) is 0 Å². The summed E-state index contributed by atoms with van der Waals surface area (Å²) in [5.74, 6) is 0.371. The van der Waals surface area contributed by atoms with Gasteiger partial charge in [-0.15, -0.1) is 11.8 Å². The number of carbonyl (C=O) groups is 2. The van der Waals surface area contributed by atoms with Crippen molar-refractivity contribution in [3.8, 4) is 0 Å². The molecule has 29 heavy (non-hydrogen) atoms. The zero-order valence-electron chi connectivity index (χ0n) is 16.3. The van der Waals surface area contributed by atoms with E-state index in [0.29, 0.717) is 33.9 Å². The summed E-state index contributed by atoms with van der Waals surface area (Å²) in [4.78, 5) is 26.9. The maximum atomic E-state index is 13.0. The molecule has 0 aromatic heterocycles. The Kier molecular flexibility index (Phi) is 9.63. The van der Waals surface area contributed by atoms with E-state index in [1.54, 1.807) is 42.2 Å². The van der Waals surface area contributed by atoms with E-state index in [1.165, 1.54) is 11.8 Å². The molecule has 1 atom stereocenters. The fourth-order valence-corrected chi connectivity index (χ4v) is 4.59. The van der Waals surface area contributed by atoms with Gasteiger partial charge in [0.2, 0.25) is 11.8 Å². The lowest BCUT2D eigenvalue weighted by Crippen LogP contribution is -2.48. The Hall–Kier alpha value is -1.40. The van der Waals surface area contributed by atoms with Crippen molar-refractivity contribution in [1.82, 2.24) is 10.2 Å². The second kappa shape index (κ2) is 11.7. The SMILES string of the molecule is CCNC(=O)C(C)N(Cc1cccc(Cl)c1)C(=O)CSCc1c(Cl)cccc1Cl. The second-order valence-electron chi connectivity index (χ2n) is 6.42. The molecule has 0 saturated carbocycles. The number of halogens is 3. The molecule has 0 fully saturated rings. The summed E-state index contributed by atoms with van der Waals surface area (Å²) >= 11 is 19.9. The summed E-state index contributed by atoms with van der Waals surface area (Å²) in [6, 6.07) is 12.0. The molecule has 0 heterocycles. The minimum absolute atomic E-state index is 0.142. The first kappa shape index (κ1) is 23.9. The highest BCUT2D eigenvalue weighted by Gasteiger charge is 2.25. The third kappa shape index (κ3) is 7.10. The molecule has 0 spiro atoms. The van der Waals surface area contributed by atoms with Crippen molar-refractivity contribution in [3.63, 3.8) is 0 Å². The average Bonchev–Trinajstić information content (AvgIpc) is 2.68. The molecule has 0 aliphatic carbocycles. The van der Waals surface area contributed by atoms with Gasteiger partial charge < -0.3 is 10.2 Å². The molecule has 0 aliphatic heterocycles. The minimum atomic E-state index is -0.606. The number of hydrogen-bond acceptors (Lipinski definition) is 3. The van der Waals surface area contributed by atoms with E-state index in [9.17, 15) is 9.59 Å². The zero-order valence-corrected chi connectivity index (χ0v) is 19.3. The van der Waals surface area contributed by atoms with Gasteiger partial charge in [-0.25, -0.2) is 0 Å². The maximum absolute atomic E-state index is 13.0. The van der Waals surface area contributed by atoms with Crippen LogP contribution in [0.15, 0.2) is 42.5 Å². The molecule has 0 bridgehead atoms. The van der Waals surface area contributed by atoms with Crippen LogP contribution in [0, 0.1) is 0 Å². The molecule has 1 unspecified atom stereocenters. The van der Waals surface area contributed by atoms with E-state index in [1.807, 2.05) is 19.1 Å². The first-order chi connectivity index (χ1) is 13.8. The van der Waals surface area contributed by atoms with Gasteiger partial charge in [-0.05, 0) is 49.2 Å². The number of hydrogen-bond donors (Lipinski definition) is 1. The van der Waals surface area contributed by atoms with E-state index in [4.69, 9.17) is 34.8 Å². The molecule has 156 valence electrons. The van der Waals surface area contributed by atoms with Crippen LogP contribution in [0.25, 0.3) is 0 Å². The molecule has 2 aromatic rings. The zero-order chi connectivity index (χ0) is 21.4. The Bertz CT molecular complexity index is 843. The first-order valence-corrected chi connectivity index (χ1v) is 11.4. The van der Waals surface area contributed by atoms with Crippen molar-refractivity contribution in [3.05, 3.63) is 68.7 Å². The lowest BCUT2D eigenvalue weighted by Gasteiger charge is -2.28. The lowest BCUT2D eigenvalue weighted by molar-refractivity contribution is -0.138. The highest BCUT2D eigenvalue weighted by atomic mass is 35.5. The van der Waals surface area contributed by atoms with Gasteiger partial charge in [-0.3, -0.25) is 9.59 Å². The Labute approximate surface area is 190 Å². The van der Waals surface area contributed by atoms with Crippen LogP contribution >= 0.6 is 46.6 Å². The monoisotopic (exact) mass is 472 g/mol.